The van der Waals surface area contributed by atoms with Crippen LogP contribution in [0.1, 0.15) is 21.7 Å². The molecule has 1 unspecified atom stereocenters. The monoisotopic (exact) mass is 425 g/mol. The Morgan fingerprint density at radius 3 is 2.38 bits per heavy atom. The fourth-order valence-electron chi connectivity index (χ4n) is 3.17. The molecule has 0 bridgehead atoms. The molecule has 1 heterocycles. The Hall–Kier alpha value is -3.07. The number of Topliss-reactive ketones (excluding diaryl/α,β-unsaturated/α-hetero) is 1. The molecule has 7 heteroatoms. The second-order valence-corrected chi connectivity index (χ2v) is 7.34. The van der Waals surface area contributed by atoms with Crippen LogP contribution in [0.15, 0.2) is 54.6 Å². The Bertz CT molecular complexity index is 1130. The van der Waals surface area contributed by atoms with Crippen LogP contribution in [0.5, 0.6) is 0 Å². The maximum Gasteiger partial charge on any atom is 0.249 e. The number of benzene rings is 2. The SMILES string of the molecule is Cc1cc(C(=O)C(C#N)C(=O)Nc2ccc(Cl)cc2Cl)c(C)n1-c1ccccc1. The predicted octanol–water partition coefficient (Wildman–Crippen LogP) is 5.36. The molecule has 29 heavy (non-hydrogen) atoms. The number of rotatable bonds is 5. The van der Waals surface area contributed by atoms with E-state index < -0.39 is 17.6 Å². The standard InChI is InChI=1S/C22H17Cl2N3O2/c1-13-10-17(14(2)27(13)16-6-4-3-5-7-16)21(28)18(12-25)22(29)26-20-9-8-15(23)11-19(20)24/h3-11,18H,1-2H3,(H,26,29). The summed E-state index contributed by atoms with van der Waals surface area (Å²) in [6.07, 6.45) is 0. The van der Waals surface area contributed by atoms with Gasteiger partial charge in [-0.25, -0.2) is 0 Å². The topological polar surface area (TPSA) is 74.9 Å². The summed E-state index contributed by atoms with van der Waals surface area (Å²) < 4.78 is 1.91. The zero-order valence-electron chi connectivity index (χ0n) is 15.7. The minimum absolute atomic E-state index is 0.220. The summed E-state index contributed by atoms with van der Waals surface area (Å²) in [5.41, 5.74) is 3.00. The lowest BCUT2D eigenvalue weighted by Crippen LogP contribution is -2.29. The maximum atomic E-state index is 13.0. The minimum atomic E-state index is -1.51. The first-order valence-corrected chi connectivity index (χ1v) is 9.53. The van der Waals surface area contributed by atoms with E-state index in [4.69, 9.17) is 23.2 Å². The first kappa shape index (κ1) is 20.7. The molecule has 3 rings (SSSR count). The maximum absolute atomic E-state index is 13.0. The van der Waals surface area contributed by atoms with Crippen LogP contribution >= 0.6 is 23.2 Å². The Kier molecular flexibility index (Phi) is 6.07. The molecule has 2 aromatic carbocycles. The number of aryl methyl sites for hydroxylation is 1. The summed E-state index contributed by atoms with van der Waals surface area (Å²) in [7, 11) is 0. The first-order chi connectivity index (χ1) is 13.8. The Morgan fingerprint density at radius 1 is 1.07 bits per heavy atom. The lowest BCUT2D eigenvalue weighted by Gasteiger charge is -2.12. The van der Waals surface area contributed by atoms with E-state index in [9.17, 15) is 14.9 Å². The van der Waals surface area contributed by atoms with E-state index in [1.807, 2.05) is 41.8 Å². The van der Waals surface area contributed by atoms with E-state index in [2.05, 4.69) is 5.32 Å². The van der Waals surface area contributed by atoms with Crippen molar-refractivity contribution < 1.29 is 9.59 Å². The normalized spacial score (nSPS) is 11.6. The van der Waals surface area contributed by atoms with Gasteiger partial charge in [0.1, 0.15) is 0 Å². The van der Waals surface area contributed by atoms with Crippen molar-refractivity contribution in [1.82, 2.24) is 4.57 Å². The molecule has 1 atom stereocenters. The number of nitriles is 1. The van der Waals surface area contributed by atoms with E-state index in [1.165, 1.54) is 12.1 Å². The number of amides is 1. The van der Waals surface area contributed by atoms with Crippen LogP contribution in [0, 0.1) is 31.1 Å². The number of nitrogens with zero attached hydrogens (tertiary/aromatic N) is 2. The van der Waals surface area contributed by atoms with Gasteiger partial charge < -0.3 is 9.88 Å². The lowest BCUT2D eigenvalue weighted by atomic mass is 9.98. The lowest BCUT2D eigenvalue weighted by molar-refractivity contribution is -0.117. The smallest absolute Gasteiger partial charge is 0.249 e. The Balaban J connectivity index is 1.90. The van der Waals surface area contributed by atoms with Crippen LogP contribution in [0.3, 0.4) is 0 Å². The third-order valence-electron chi connectivity index (χ3n) is 4.55. The van der Waals surface area contributed by atoms with Gasteiger partial charge in [-0.2, -0.15) is 5.26 Å². The summed E-state index contributed by atoms with van der Waals surface area (Å²) in [5, 5.41) is 12.7. The van der Waals surface area contributed by atoms with Crippen LogP contribution in [0.4, 0.5) is 5.69 Å². The van der Waals surface area contributed by atoms with Crippen LogP contribution in [-0.4, -0.2) is 16.3 Å². The largest absolute Gasteiger partial charge is 0.323 e. The molecule has 0 radical (unpaired) electrons. The highest BCUT2D eigenvalue weighted by atomic mass is 35.5. The summed E-state index contributed by atoms with van der Waals surface area (Å²) in [5.74, 6) is -2.82. The number of hydrogen-bond donors (Lipinski definition) is 1. The molecule has 1 N–H and O–H groups in total. The Morgan fingerprint density at radius 2 is 1.76 bits per heavy atom. The fraction of sp³-hybridized carbons (Fsp3) is 0.136. The van der Waals surface area contributed by atoms with E-state index in [-0.39, 0.29) is 10.7 Å². The van der Waals surface area contributed by atoms with Gasteiger partial charge in [0.05, 0.1) is 16.8 Å². The number of halogens is 2. The molecular formula is C22H17Cl2N3O2. The zero-order valence-corrected chi connectivity index (χ0v) is 17.3. The van der Waals surface area contributed by atoms with Gasteiger partial charge in [-0.15, -0.1) is 0 Å². The molecule has 0 saturated heterocycles. The van der Waals surface area contributed by atoms with Crippen LogP contribution in [0.2, 0.25) is 10.0 Å². The van der Waals surface area contributed by atoms with Crippen molar-refractivity contribution in [2.75, 3.05) is 5.32 Å². The molecule has 3 aromatic rings. The van der Waals surface area contributed by atoms with Gasteiger partial charge in [0.2, 0.25) is 5.91 Å². The molecule has 0 fully saturated rings. The molecular weight excluding hydrogens is 409 g/mol. The number of ketones is 1. The second kappa shape index (κ2) is 8.52. The highest BCUT2D eigenvalue weighted by Gasteiger charge is 2.30. The third kappa shape index (κ3) is 4.19. The molecule has 5 nitrogen and oxygen atoms in total. The molecule has 1 amide bonds. The van der Waals surface area contributed by atoms with Gasteiger partial charge in [-0.3, -0.25) is 9.59 Å². The molecule has 146 valence electrons. The number of para-hydroxylation sites is 1. The van der Waals surface area contributed by atoms with E-state index >= 15 is 0 Å². The number of anilines is 1. The van der Waals surface area contributed by atoms with Gasteiger partial charge in [-0.05, 0) is 50.2 Å². The van der Waals surface area contributed by atoms with Gasteiger partial charge in [-0.1, -0.05) is 41.4 Å². The molecule has 0 spiro atoms. The van der Waals surface area contributed by atoms with Crippen molar-refractivity contribution in [2.24, 2.45) is 5.92 Å². The van der Waals surface area contributed by atoms with Crippen LogP contribution < -0.4 is 5.32 Å². The predicted molar refractivity (Wildman–Crippen MR) is 114 cm³/mol. The van der Waals surface area contributed by atoms with Gasteiger partial charge >= 0.3 is 0 Å². The average Bonchev–Trinajstić information content (AvgIpc) is 2.99. The molecule has 0 aliphatic rings. The first-order valence-electron chi connectivity index (χ1n) is 8.77. The highest BCUT2D eigenvalue weighted by molar-refractivity contribution is 6.36. The summed E-state index contributed by atoms with van der Waals surface area (Å²) in [6, 6.07) is 17.6. The molecule has 0 saturated carbocycles. The zero-order chi connectivity index (χ0) is 21.1. The Labute approximate surface area is 178 Å². The van der Waals surface area contributed by atoms with Crippen LogP contribution in [0.25, 0.3) is 5.69 Å². The number of carbonyl (C=O) groups is 2. The average molecular weight is 426 g/mol. The number of aromatic nitrogens is 1. The van der Waals surface area contributed by atoms with Crippen molar-refractivity contribution in [1.29, 1.82) is 5.26 Å². The van der Waals surface area contributed by atoms with Gasteiger partial charge in [0.25, 0.3) is 0 Å². The summed E-state index contributed by atoms with van der Waals surface area (Å²) >= 11 is 11.9. The molecule has 1 aromatic heterocycles. The summed E-state index contributed by atoms with van der Waals surface area (Å²) in [4.78, 5) is 25.6. The van der Waals surface area contributed by atoms with E-state index in [0.717, 1.165) is 11.4 Å². The van der Waals surface area contributed by atoms with Gasteiger partial charge in [0, 0.05) is 27.7 Å². The minimum Gasteiger partial charge on any atom is -0.323 e. The van der Waals surface area contributed by atoms with E-state index in [1.54, 1.807) is 25.1 Å². The van der Waals surface area contributed by atoms with Crippen molar-refractivity contribution in [3.05, 3.63) is 81.6 Å². The number of carbonyl (C=O) groups excluding carboxylic acids is 2. The highest BCUT2D eigenvalue weighted by Crippen LogP contribution is 2.27. The third-order valence-corrected chi connectivity index (χ3v) is 5.10. The van der Waals surface area contributed by atoms with Crippen molar-refractivity contribution >= 4 is 40.6 Å². The number of hydrogen-bond acceptors (Lipinski definition) is 3. The summed E-state index contributed by atoms with van der Waals surface area (Å²) in [6.45, 7) is 3.65. The second-order valence-electron chi connectivity index (χ2n) is 6.50. The fourth-order valence-corrected chi connectivity index (χ4v) is 3.63. The van der Waals surface area contributed by atoms with E-state index in [0.29, 0.717) is 16.3 Å². The van der Waals surface area contributed by atoms with Crippen molar-refractivity contribution in [3.8, 4) is 11.8 Å². The quantitative estimate of drug-likeness (QED) is 0.441. The molecule has 0 aliphatic heterocycles. The molecule has 0 aliphatic carbocycles. The van der Waals surface area contributed by atoms with Gasteiger partial charge in [0.15, 0.2) is 11.7 Å². The van der Waals surface area contributed by atoms with Crippen LogP contribution in [-0.2, 0) is 4.79 Å². The van der Waals surface area contributed by atoms with Crippen molar-refractivity contribution in [2.45, 2.75) is 13.8 Å². The van der Waals surface area contributed by atoms with Crippen molar-refractivity contribution in [3.63, 3.8) is 0 Å². The number of nitrogens with one attached hydrogen (secondary N) is 1.